The van der Waals surface area contributed by atoms with Crippen LogP contribution in [-0.4, -0.2) is 53.2 Å². The van der Waals surface area contributed by atoms with Crippen molar-refractivity contribution in [1.29, 1.82) is 0 Å². The fraction of sp³-hybridized carbons (Fsp3) is 0.394. The Morgan fingerprint density at radius 2 is 1.48 bits per heavy atom. The van der Waals surface area contributed by atoms with Crippen molar-refractivity contribution in [3.05, 3.63) is 102 Å². The van der Waals surface area contributed by atoms with Crippen LogP contribution in [-0.2, 0) is 10.9 Å². The summed E-state index contributed by atoms with van der Waals surface area (Å²) in [6, 6.07) is 24.1. The average molecular weight is 582 g/mol. The number of benzene rings is 3. The largest absolute Gasteiger partial charge is 0.444 e. The number of ether oxygens (including phenoxy) is 1. The number of hydrogen-bond donors (Lipinski definition) is 1. The molecule has 0 unspecified atom stereocenters. The number of alkyl halides is 3. The summed E-state index contributed by atoms with van der Waals surface area (Å²) in [5.41, 5.74) is 0.858. The van der Waals surface area contributed by atoms with Crippen LogP contribution in [0.15, 0.2) is 84.9 Å². The molecule has 1 saturated heterocycles. The number of carbonyl (C=O) groups is 2. The minimum absolute atomic E-state index is 0.0121. The number of piperidine rings is 1. The third kappa shape index (κ3) is 8.50. The summed E-state index contributed by atoms with van der Waals surface area (Å²) in [5.74, 6) is 0.0121. The second-order valence-corrected chi connectivity index (χ2v) is 11.6. The molecule has 224 valence electrons. The smallest absolute Gasteiger partial charge is 0.416 e. The van der Waals surface area contributed by atoms with Crippen LogP contribution in [0, 0.1) is 0 Å². The second-order valence-electron chi connectivity index (χ2n) is 11.6. The maximum atomic E-state index is 13.7. The van der Waals surface area contributed by atoms with Gasteiger partial charge in [0.05, 0.1) is 5.56 Å². The zero-order valence-electron chi connectivity index (χ0n) is 24.2. The number of urea groups is 1. The molecule has 4 rings (SSSR count). The Balaban J connectivity index is 1.55. The maximum Gasteiger partial charge on any atom is 0.416 e. The molecule has 3 amide bonds. The van der Waals surface area contributed by atoms with Crippen molar-refractivity contribution < 1.29 is 27.5 Å². The first-order valence-corrected chi connectivity index (χ1v) is 14.2. The summed E-state index contributed by atoms with van der Waals surface area (Å²) in [7, 11) is 0. The molecule has 0 aromatic heterocycles. The topological polar surface area (TPSA) is 61.9 Å². The monoisotopic (exact) mass is 581 g/mol. The predicted octanol–water partition coefficient (Wildman–Crippen LogP) is 8.16. The Hall–Kier alpha value is -4.01. The minimum Gasteiger partial charge on any atom is -0.444 e. The van der Waals surface area contributed by atoms with Crippen molar-refractivity contribution in [2.75, 3.05) is 25.0 Å². The van der Waals surface area contributed by atoms with Gasteiger partial charge in [-0.25, -0.2) is 9.59 Å². The zero-order chi connectivity index (χ0) is 30.3. The lowest BCUT2D eigenvalue weighted by Crippen LogP contribution is -2.51. The van der Waals surface area contributed by atoms with E-state index in [1.165, 1.54) is 12.1 Å². The van der Waals surface area contributed by atoms with Crippen molar-refractivity contribution in [3.63, 3.8) is 0 Å². The molecule has 1 aliphatic heterocycles. The van der Waals surface area contributed by atoms with Gasteiger partial charge in [-0.3, -0.25) is 0 Å². The van der Waals surface area contributed by atoms with E-state index in [1.54, 1.807) is 9.80 Å². The van der Waals surface area contributed by atoms with Crippen molar-refractivity contribution in [1.82, 2.24) is 9.80 Å². The van der Waals surface area contributed by atoms with E-state index in [4.69, 9.17) is 4.74 Å². The molecule has 9 heteroatoms. The van der Waals surface area contributed by atoms with Crippen LogP contribution in [0.2, 0.25) is 0 Å². The first-order chi connectivity index (χ1) is 19.9. The lowest BCUT2D eigenvalue weighted by molar-refractivity contribution is -0.137. The van der Waals surface area contributed by atoms with Crippen molar-refractivity contribution in [2.45, 2.75) is 63.8 Å². The van der Waals surface area contributed by atoms with Crippen molar-refractivity contribution >= 4 is 17.8 Å². The molecule has 0 spiro atoms. The highest BCUT2D eigenvalue weighted by Gasteiger charge is 2.33. The van der Waals surface area contributed by atoms with E-state index < -0.39 is 29.5 Å². The van der Waals surface area contributed by atoms with E-state index in [-0.39, 0.29) is 17.6 Å². The minimum atomic E-state index is -4.52. The summed E-state index contributed by atoms with van der Waals surface area (Å²) in [4.78, 5) is 29.7. The third-order valence-corrected chi connectivity index (χ3v) is 7.32. The molecule has 0 saturated carbocycles. The normalized spacial score (nSPS) is 14.5. The fourth-order valence-electron chi connectivity index (χ4n) is 5.27. The molecule has 42 heavy (non-hydrogen) atoms. The molecule has 0 aliphatic carbocycles. The van der Waals surface area contributed by atoms with Gasteiger partial charge in [-0.05, 0) is 69.4 Å². The second kappa shape index (κ2) is 13.3. The quantitative estimate of drug-likeness (QED) is 0.306. The summed E-state index contributed by atoms with van der Waals surface area (Å²) < 4.78 is 45.5. The molecule has 0 atom stereocenters. The highest BCUT2D eigenvalue weighted by atomic mass is 19.4. The van der Waals surface area contributed by atoms with E-state index in [9.17, 15) is 22.8 Å². The standard InChI is InChI=1S/C33H38F3N3O3/c1-32(2,3)42-31(41)38-20-17-28(18-21-38)39(30(40)37-27-16-10-15-26(23-27)33(34,35)36)22-19-29(24-11-6-4-7-12-24)25-13-8-5-9-14-25/h4-16,23,28-29H,17-22H2,1-3H3,(H,37,40). The highest BCUT2D eigenvalue weighted by Crippen LogP contribution is 2.32. The van der Waals surface area contributed by atoms with Gasteiger partial charge in [0.15, 0.2) is 0 Å². The lowest BCUT2D eigenvalue weighted by atomic mass is 9.88. The molecular weight excluding hydrogens is 543 g/mol. The van der Waals surface area contributed by atoms with E-state index in [1.807, 2.05) is 57.2 Å². The Morgan fingerprint density at radius 1 is 0.905 bits per heavy atom. The van der Waals surface area contributed by atoms with Gasteiger partial charge >= 0.3 is 18.3 Å². The van der Waals surface area contributed by atoms with Gasteiger partial charge in [0.2, 0.25) is 0 Å². The van der Waals surface area contributed by atoms with Gasteiger partial charge in [-0.1, -0.05) is 66.7 Å². The number of amides is 3. The number of carbonyl (C=O) groups excluding carboxylic acids is 2. The molecule has 0 radical (unpaired) electrons. The molecule has 3 aromatic rings. The lowest BCUT2D eigenvalue weighted by Gasteiger charge is -2.39. The van der Waals surface area contributed by atoms with E-state index in [0.717, 1.165) is 23.3 Å². The van der Waals surface area contributed by atoms with E-state index >= 15 is 0 Å². The molecule has 1 heterocycles. The maximum absolute atomic E-state index is 13.7. The highest BCUT2D eigenvalue weighted by molar-refractivity contribution is 5.89. The molecule has 6 nitrogen and oxygen atoms in total. The van der Waals surface area contributed by atoms with Crippen LogP contribution in [0.1, 0.15) is 62.6 Å². The summed E-state index contributed by atoms with van der Waals surface area (Å²) in [5, 5.41) is 2.70. The van der Waals surface area contributed by atoms with E-state index in [0.29, 0.717) is 38.9 Å². The van der Waals surface area contributed by atoms with Crippen LogP contribution >= 0.6 is 0 Å². The number of nitrogens with zero attached hydrogens (tertiary/aromatic N) is 2. The summed E-state index contributed by atoms with van der Waals surface area (Å²) >= 11 is 0. The molecule has 1 aliphatic rings. The Labute approximate surface area is 245 Å². The first-order valence-electron chi connectivity index (χ1n) is 14.2. The summed E-state index contributed by atoms with van der Waals surface area (Å²) in [6.07, 6.45) is -3.26. The SMILES string of the molecule is CC(C)(C)OC(=O)N1CCC(N(CCC(c2ccccc2)c2ccccc2)C(=O)Nc2cccc(C(F)(F)F)c2)CC1. The fourth-order valence-corrected chi connectivity index (χ4v) is 5.27. The van der Waals surface area contributed by atoms with E-state index in [2.05, 4.69) is 29.6 Å². The van der Waals surface area contributed by atoms with Crippen molar-refractivity contribution in [3.8, 4) is 0 Å². The van der Waals surface area contributed by atoms with Crippen LogP contribution in [0.25, 0.3) is 0 Å². The van der Waals surface area contributed by atoms with Crippen LogP contribution in [0.3, 0.4) is 0 Å². The van der Waals surface area contributed by atoms with Crippen LogP contribution in [0.5, 0.6) is 0 Å². The number of anilines is 1. The van der Waals surface area contributed by atoms with Crippen molar-refractivity contribution in [2.24, 2.45) is 0 Å². The molecular formula is C33H38F3N3O3. The predicted molar refractivity (Wildman–Crippen MR) is 157 cm³/mol. The molecule has 3 aromatic carbocycles. The first kappa shape index (κ1) is 30.9. The number of likely N-dealkylation sites (tertiary alicyclic amines) is 1. The van der Waals surface area contributed by atoms with Gasteiger partial charge in [0, 0.05) is 37.3 Å². The summed E-state index contributed by atoms with van der Waals surface area (Å²) in [6.45, 7) is 6.63. The zero-order valence-corrected chi connectivity index (χ0v) is 24.2. The number of halogens is 3. The van der Waals surface area contributed by atoms with Gasteiger partial charge in [-0.15, -0.1) is 0 Å². The molecule has 1 fully saturated rings. The van der Waals surface area contributed by atoms with Gasteiger partial charge in [0.1, 0.15) is 5.60 Å². The van der Waals surface area contributed by atoms with Crippen LogP contribution in [0.4, 0.5) is 28.4 Å². The number of rotatable bonds is 7. The number of hydrogen-bond acceptors (Lipinski definition) is 3. The molecule has 0 bridgehead atoms. The number of nitrogens with one attached hydrogen (secondary N) is 1. The Kier molecular flexibility index (Phi) is 9.81. The Morgan fingerprint density at radius 3 is 2.00 bits per heavy atom. The molecule has 1 N–H and O–H groups in total. The Bertz CT molecular complexity index is 1280. The van der Waals surface area contributed by atoms with Gasteiger partial charge < -0.3 is 19.9 Å². The van der Waals surface area contributed by atoms with Gasteiger partial charge in [0.25, 0.3) is 0 Å². The average Bonchev–Trinajstić information content (AvgIpc) is 2.95. The van der Waals surface area contributed by atoms with Gasteiger partial charge in [-0.2, -0.15) is 13.2 Å². The van der Waals surface area contributed by atoms with Crippen LogP contribution < -0.4 is 5.32 Å². The third-order valence-electron chi connectivity index (χ3n) is 7.32.